The number of aromatic nitrogens is 2. The second-order valence-electron chi connectivity index (χ2n) is 14.3. The van der Waals surface area contributed by atoms with Crippen LogP contribution in [0.15, 0.2) is 85.7 Å². The smallest absolute Gasteiger partial charge is 0.407 e. The van der Waals surface area contributed by atoms with Gasteiger partial charge in [0.1, 0.15) is 27.4 Å². The highest BCUT2D eigenvalue weighted by Crippen LogP contribution is 2.46. The molecule has 0 aliphatic carbocycles. The number of benzene rings is 3. The van der Waals surface area contributed by atoms with Gasteiger partial charge in [-0.2, -0.15) is 0 Å². The molecule has 5 rings (SSSR count). The zero-order chi connectivity index (χ0) is 39.8. The normalized spacial score (nSPS) is 12.0. The molecule has 0 fully saturated rings. The van der Waals surface area contributed by atoms with Crippen LogP contribution in [-0.4, -0.2) is 52.9 Å². The molecule has 1 atom stereocenters. The zero-order valence-electron chi connectivity index (χ0n) is 31.2. The summed E-state index contributed by atoms with van der Waals surface area (Å²) >= 11 is 7.60. The van der Waals surface area contributed by atoms with Gasteiger partial charge in [0.2, 0.25) is 0 Å². The minimum atomic E-state index is -0.987. The Hall–Kier alpha value is -4.05. The number of nitrogens with one attached hydrogen (secondary N) is 1. The fourth-order valence-corrected chi connectivity index (χ4v) is 9.29. The molecule has 2 amide bonds. The minimum Gasteiger partial charge on any atom is -0.497 e. The minimum absolute atomic E-state index is 0.152. The molecule has 0 aliphatic rings. The van der Waals surface area contributed by atoms with Gasteiger partial charge in [0.25, 0.3) is 0 Å². The number of carboxylic acid groups (broad SMARTS) is 1. The number of thiazole rings is 2. The third kappa shape index (κ3) is 11.7. The Morgan fingerprint density at radius 3 is 2.07 bits per heavy atom. The van der Waals surface area contributed by atoms with E-state index in [1.54, 1.807) is 43.5 Å². The molecule has 0 spiro atoms. The lowest BCUT2D eigenvalue weighted by molar-refractivity contribution is 0.0313. The maximum Gasteiger partial charge on any atom is 0.407 e. The number of halogens is 3. The molecule has 2 N–H and O–H groups in total. The van der Waals surface area contributed by atoms with Crippen LogP contribution in [0, 0.1) is 22.5 Å². The molecule has 0 saturated heterocycles. The second-order valence-corrected chi connectivity index (χ2v) is 19.0. The van der Waals surface area contributed by atoms with Gasteiger partial charge < -0.3 is 24.8 Å². The first-order valence-corrected chi connectivity index (χ1v) is 20.0. The van der Waals surface area contributed by atoms with E-state index in [0.717, 1.165) is 14.9 Å². The highest BCUT2D eigenvalue weighted by atomic mass is 79.9. The van der Waals surface area contributed by atoms with Crippen LogP contribution < -0.4 is 10.1 Å². The Bertz CT molecular complexity index is 2060. The summed E-state index contributed by atoms with van der Waals surface area (Å²) in [5.74, 6) is 0.0268. The van der Waals surface area contributed by atoms with Gasteiger partial charge >= 0.3 is 12.2 Å². The molecule has 15 heteroatoms. The van der Waals surface area contributed by atoms with E-state index >= 15 is 0 Å². The average molecular weight is 862 g/mol. The summed E-state index contributed by atoms with van der Waals surface area (Å²) in [5.41, 5.74) is 1.28. The number of carbonyl (C=O) groups is 2. The van der Waals surface area contributed by atoms with E-state index in [9.17, 15) is 23.5 Å². The number of methoxy groups -OCH3 is 1. The molecular weight excluding hydrogens is 819 g/mol. The largest absolute Gasteiger partial charge is 0.497 e. The number of hydrogen-bond donors (Lipinski definition) is 2. The van der Waals surface area contributed by atoms with Crippen LogP contribution in [0.1, 0.15) is 57.7 Å². The number of carbonyl (C=O) groups excluding carboxylic acids is 1. The Morgan fingerprint density at radius 2 is 1.54 bits per heavy atom. The van der Waals surface area contributed by atoms with Gasteiger partial charge in [0.05, 0.1) is 33.0 Å². The summed E-state index contributed by atoms with van der Waals surface area (Å²) in [7, 11) is 3.13. The molecule has 2 aromatic heterocycles. The van der Waals surface area contributed by atoms with Crippen LogP contribution in [-0.2, 0) is 11.3 Å². The van der Waals surface area contributed by atoms with Gasteiger partial charge in [0.15, 0.2) is 6.10 Å². The fourth-order valence-electron chi connectivity index (χ4n) is 5.02. The van der Waals surface area contributed by atoms with Gasteiger partial charge in [-0.05, 0) is 63.8 Å². The highest BCUT2D eigenvalue weighted by Gasteiger charge is 2.34. The molecule has 0 saturated carbocycles. The lowest BCUT2D eigenvalue weighted by Crippen LogP contribution is -2.36. The topological polar surface area (TPSA) is 114 Å². The molecule has 54 heavy (non-hydrogen) atoms. The first kappa shape index (κ1) is 42.7. The van der Waals surface area contributed by atoms with Crippen LogP contribution in [0.4, 0.5) is 18.4 Å². The monoisotopic (exact) mass is 860 g/mol. The highest BCUT2D eigenvalue weighted by molar-refractivity contribution is 9.11. The zero-order valence-corrected chi connectivity index (χ0v) is 35.2. The Kier molecular flexibility index (Phi) is 14.6. The molecular formula is C39H43BrF2N4O5S3. The summed E-state index contributed by atoms with van der Waals surface area (Å²) < 4.78 is 41.0. The third-order valence-corrected chi connectivity index (χ3v) is 11.4. The van der Waals surface area contributed by atoms with Crippen molar-refractivity contribution in [3.63, 3.8) is 0 Å². The van der Waals surface area contributed by atoms with Crippen molar-refractivity contribution in [1.29, 1.82) is 0 Å². The van der Waals surface area contributed by atoms with Gasteiger partial charge in [-0.25, -0.2) is 28.3 Å². The van der Waals surface area contributed by atoms with Crippen molar-refractivity contribution >= 4 is 62.6 Å². The van der Waals surface area contributed by atoms with Gasteiger partial charge in [0, 0.05) is 35.0 Å². The van der Waals surface area contributed by atoms with Crippen molar-refractivity contribution in [3.05, 3.63) is 98.2 Å². The van der Waals surface area contributed by atoms with E-state index in [1.807, 2.05) is 65.8 Å². The third-order valence-electron chi connectivity index (χ3n) is 7.45. The molecule has 288 valence electrons. The van der Waals surface area contributed by atoms with Crippen LogP contribution in [0.25, 0.3) is 22.5 Å². The first-order valence-electron chi connectivity index (χ1n) is 16.7. The Labute approximate surface area is 335 Å². The summed E-state index contributed by atoms with van der Waals surface area (Å²) in [6.45, 7) is 12.4. The first-order chi connectivity index (χ1) is 25.4. The van der Waals surface area contributed by atoms with Gasteiger partial charge in [-0.15, -0.1) is 22.7 Å². The Morgan fingerprint density at radius 1 is 0.926 bits per heavy atom. The van der Waals surface area contributed by atoms with E-state index in [1.165, 1.54) is 58.5 Å². The molecule has 1 unspecified atom stereocenters. The average Bonchev–Trinajstić information content (AvgIpc) is 3.68. The van der Waals surface area contributed by atoms with Crippen molar-refractivity contribution in [3.8, 4) is 28.3 Å². The van der Waals surface area contributed by atoms with E-state index in [0.29, 0.717) is 42.9 Å². The van der Waals surface area contributed by atoms with Crippen LogP contribution in [0.3, 0.4) is 0 Å². The standard InChI is InChI=1S/C23H25FN2O3S2.C16H18BrFN2O2S/c1-23(2,3)19(29-22(27)25-4)20-26-18(16-11-6-7-12-17(16)24)21(31-20)30-15-10-8-9-14(13-15)28-5;1-16(2,3)9-20(15(21)22)8-12-19-13(14(17)23-12)10-6-4-5-7-11(10)18/h6-13,19H,1-5H3,(H,25,27);4-7H,8-9H2,1-3H3,(H,21,22). The van der Waals surface area contributed by atoms with Crippen molar-refractivity contribution < 1.29 is 33.0 Å². The summed E-state index contributed by atoms with van der Waals surface area (Å²) in [6, 6.07) is 20.6. The van der Waals surface area contributed by atoms with Gasteiger partial charge in [-0.1, -0.05) is 83.6 Å². The van der Waals surface area contributed by atoms with Crippen LogP contribution in [0.2, 0.25) is 0 Å². The predicted octanol–water partition coefficient (Wildman–Crippen LogP) is 11.8. The quantitative estimate of drug-likeness (QED) is 0.143. The van der Waals surface area contributed by atoms with E-state index in [2.05, 4.69) is 26.2 Å². The number of amides is 2. The molecule has 9 nitrogen and oxygen atoms in total. The van der Waals surface area contributed by atoms with Crippen LogP contribution >= 0.6 is 50.4 Å². The number of nitrogens with zero attached hydrogens (tertiary/aromatic N) is 3. The van der Waals surface area contributed by atoms with Crippen molar-refractivity contribution in [2.24, 2.45) is 10.8 Å². The van der Waals surface area contributed by atoms with Crippen molar-refractivity contribution in [2.75, 3.05) is 20.7 Å². The van der Waals surface area contributed by atoms with Crippen LogP contribution in [0.5, 0.6) is 5.75 Å². The lowest BCUT2D eigenvalue weighted by atomic mass is 9.89. The molecule has 5 aromatic rings. The lowest BCUT2D eigenvalue weighted by Gasteiger charge is -2.28. The fraction of sp³-hybridized carbons (Fsp3) is 0.333. The SMILES string of the molecule is CC(C)(C)CN(Cc1nc(-c2ccccc2F)c(Br)s1)C(=O)O.CNC(=O)OC(c1nc(-c2ccccc2F)c(Sc2cccc(OC)c2)s1)C(C)(C)C. The maximum atomic E-state index is 14.7. The van der Waals surface area contributed by atoms with Gasteiger partial charge in [-0.3, -0.25) is 0 Å². The maximum absolute atomic E-state index is 14.7. The summed E-state index contributed by atoms with van der Waals surface area (Å²) in [4.78, 5) is 34.9. The molecule has 0 bridgehead atoms. The number of rotatable bonds is 10. The number of alkyl carbamates (subject to hydrolysis) is 1. The molecule has 2 heterocycles. The molecule has 3 aromatic carbocycles. The molecule has 0 aliphatic heterocycles. The van der Waals surface area contributed by atoms with Crippen molar-refractivity contribution in [2.45, 2.75) is 63.3 Å². The summed E-state index contributed by atoms with van der Waals surface area (Å²) in [6.07, 6.45) is -2.12. The van der Waals surface area contributed by atoms with Crippen molar-refractivity contribution in [1.82, 2.24) is 20.2 Å². The van der Waals surface area contributed by atoms with E-state index < -0.39 is 23.7 Å². The second kappa shape index (κ2) is 18.5. The summed E-state index contributed by atoms with van der Waals surface area (Å²) in [5, 5.41) is 13.1. The Balaban J connectivity index is 0.000000252. The number of ether oxygens (including phenoxy) is 2. The van der Waals surface area contributed by atoms with E-state index in [-0.39, 0.29) is 23.6 Å². The van der Waals surface area contributed by atoms with E-state index in [4.69, 9.17) is 14.5 Å². The molecule has 0 radical (unpaired) electrons. The predicted molar refractivity (Wildman–Crippen MR) is 215 cm³/mol. The number of hydrogen-bond acceptors (Lipinski definition) is 9.